The molecule has 0 saturated heterocycles. The van der Waals surface area contributed by atoms with Gasteiger partial charge in [0.15, 0.2) is 0 Å². The summed E-state index contributed by atoms with van der Waals surface area (Å²) in [7, 11) is 1.26. The van der Waals surface area contributed by atoms with Gasteiger partial charge in [0.25, 0.3) is 5.56 Å². The van der Waals surface area contributed by atoms with Gasteiger partial charge in [0.05, 0.1) is 12.8 Å². The van der Waals surface area contributed by atoms with E-state index in [0.29, 0.717) is 16.3 Å². The largest absolute Gasteiger partial charge is 0.465 e. The van der Waals surface area contributed by atoms with E-state index in [-0.39, 0.29) is 12.1 Å². The van der Waals surface area contributed by atoms with Gasteiger partial charge in [-0.3, -0.25) is 9.59 Å². The summed E-state index contributed by atoms with van der Waals surface area (Å²) in [4.78, 5) is 35.3. The second kappa shape index (κ2) is 6.23. The summed E-state index contributed by atoms with van der Waals surface area (Å²) in [6.45, 7) is -0.194. The minimum Gasteiger partial charge on any atom is -0.465 e. The lowest BCUT2D eigenvalue weighted by Gasteiger charge is -2.08. The molecule has 8 heteroatoms. The van der Waals surface area contributed by atoms with Crippen molar-refractivity contribution in [2.45, 2.75) is 6.54 Å². The van der Waals surface area contributed by atoms with Crippen LogP contribution in [0.25, 0.3) is 0 Å². The number of amides is 1. The minimum absolute atomic E-state index is 0.194. The number of nitrogens with one attached hydrogen (secondary N) is 1. The Morgan fingerprint density at radius 3 is 2.86 bits per heavy atom. The van der Waals surface area contributed by atoms with Crippen molar-refractivity contribution in [2.24, 2.45) is 0 Å². The number of anilines is 2. The fourth-order valence-corrected chi connectivity index (χ4v) is 2.44. The number of pyridine rings is 1. The van der Waals surface area contributed by atoms with E-state index in [2.05, 4.69) is 10.1 Å². The molecule has 0 fully saturated rings. The number of hydrogen-bond acceptors (Lipinski definition) is 6. The normalized spacial score (nSPS) is 10.1. The zero-order chi connectivity index (χ0) is 15.4. The first-order chi connectivity index (χ1) is 10.0. The first-order valence-corrected chi connectivity index (χ1v) is 6.81. The number of aromatic nitrogens is 1. The Labute approximate surface area is 124 Å². The van der Waals surface area contributed by atoms with Crippen molar-refractivity contribution in [3.8, 4) is 0 Å². The van der Waals surface area contributed by atoms with Gasteiger partial charge < -0.3 is 20.4 Å². The molecule has 21 heavy (non-hydrogen) atoms. The number of nitrogen functional groups attached to an aromatic ring is 1. The van der Waals surface area contributed by atoms with Crippen LogP contribution in [0.3, 0.4) is 0 Å². The van der Waals surface area contributed by atoms with Gasteiger partial charge in [0.1, 0.15) is 11.4 Å². The van der Waals surface area contributed by atoms with E-state index >= 15 is 0 Å². The molecule has 7 nitrogen and oxygen atoms in total. The number of rotatable bonds is 4. The maximum atomic E-state index is 11.9. The predicted octanol–water partition coefficient (Wildman–Crippen LogP) is 0.917. The number of carbonyl (C=O) groups excluding carboxylic acids is 2. The number of nitrogens with zero attached hydrogens (tertiary/aromatic N) is 1. The van der Waals surface area contributed by atoms with E-state index < -0.39 is 11.9 Å². The number of hydrogen-bond donors (Lipinski definition) is 2. The van der Waals surface area contributed by atoms with Crippen LogP contribution in [0.5, 0.6) is 0 Å². The van der Waals surface area contributed by atoms with Crippen molar-refractivity contribution >= 4 is 34.6 Å². The Balaban J connectivity index is 2.12. The molecule has 0 spiro atoms. The quantitative estimate of drug-likeness (QED) is 0.817. The third kappa shape index (κ3) is 3.48. The number of thiophene rings is 1. The minimum atomic E-state index is -0.526. The van der Waals surface area contributed by atoms with Crippen LogP contribution in [-0.4, -0.2) is 23.6 Å². The highest BCUT2D eigenvalue weighted by Gasteiger charge is 2.15. The van der Waals surface area contributed by atoms with Gasteiger partial charge in [-0.15, -0.1) is 11.3 Å². The van der Waals surface area contributed by atoms with Gasteiger partial charge in [-0.2, -0.15) is 0 Å². The number of ether oxygens (including phenoxy) is 1. The van der Waals surface area contributed by atoms with Gasteiger partial charge in [0.2, 0.25) is 5.91 Å². The summed E-state index contributed by atoms with van der Waals surface area (Å²) in [5.74, 6) is -0.965. The fraction of sp³-hybridized carbons (Fsp3) is 0.154. The third-order valence-corrected chi connectivity index (χ3v) is 3.52. The van der Waals surface area contributed by atoms with Gasteiger partial charge >= 0.3 is 5.97 Å². The van der Waals surface area contributed by atoms with Crippen molar-refractivity contribution in [1.29, 1.82) is 0 Å². The molecule has 0 aliphatic heterocycles. The Hall–Kier alpha value is -2.61. The van der Waals surface area contributed by atoms with Crippen molar-refractivity contribution < 1.29 is 14.3 Å². The maximum Gasteiger partial charge on any atom is 0.350 e. The summed E-state index contributed by atoms with van der Waals surface area (Å²) in [6.07, 6.45) is 1.39. The van der Waals surface area contributed by atoms with Crippen LogP contribution in [0, 0.1) is 0 Å². The first-order valence-electron chi connectivity index (χ1n) is 5.93. The lowest BCUT2D eigenvalue weighted by molar-refractivity contribution is -0.116. The number of nitrogens with two attached hydrogens (primary N) is 1. The number of carbonyl (C=O) groups is 2. The average Bonchev–Trinajstić information content (AvgIpc) is 2.90. The summed E-state index contributed by atoms with van der Waals surface area (Å²) < 4.78 is 5.81. The van der Waals surface area contributed by atoms with Crippen LogP contribution >= 0.6 is 11.3 Å². The second-order valence-electron chi connectivity index (χ2n) is 4.13. The Morgan fingerprint density at radius 1 is 1.38 bits per heavy atom. The molecule has 2 rings (SSSR count). The topological polar surface area (TPSA) is 103 Å². The highest BCUT2D eigenvalue weighted by atomic mass is 32.1. The molecule has 2 heterocycles. The third-order valence-electron chi connectivity index (χ3n) is 2.63. The van der Waals surface area contributed by atoms with E-state index in [1.165, 1.54) is 30.0 Å². The highest BCUT2D eigenvalue weighted by Crippen LogP contribution is 2.23. The van der Waals surface area contributed by atoms with Crippen molar-refractivity contribution in [3.63, 3.8) is 0 Å². The fourth-order valence-electron chi connectivity index (χ4n) is 1.68. The standard InChI is InChI=1S/C13H13N3O4S/c1-20-13(19)12-9(4-5-21-12)15-10(17)7-16-6-8(14)2-3-11(16)18/h2-6H,7,14H2,1H3,(H,15,17). The van der Waals surface area contributed by atoms with Crippen LogP contribution in [0.15, 0.2) is 34.6 Å². The molecule has 0 aliphatic rings. The summed E-state index contributed by atoms with van der Waals surface area (Å²) in [5, 5.41) is 4.23. The monoisotopic (exact) mass is 307 g/mol. The summed E-state index contributed by atoms with van der Waals surface area (Å²) in [5.41, 5.74) is 5.97. The smallest absolute Gasteiger partial charge is 0.350 e. The van der Waals surface area contributed by atoms with Crippen molar-refractivity contribution in [3.05, 3.63) is 45.0 Å². The molecule has 110 valence electrons. The van der Waals surface area contributed by atoms with Gasteiger partial charge in [0, 0.05) is 18.0 Å². The zero-order valence-electron chi connectivity index (χ0n) is 11.2. The molecule has 0 aromatic carbocycles. The second-order valence-corrected chi connectivity index (χ2v) is 5.05. The van der Waals surface area contributed by atoms with E-state index in [1.54, 1.807) is 11.4 Å². The maximum absolute atomic E-state index is 11.9. The molecular formula is C13H13N3O4S. The molecule has 0 atom stereocenters. The molecule has 2 aromatic rings. The Morgan fingerprint density at radius 2 is 2.14 bits per heavy atom. The molecule has 0 saturated carbocycles. The number of methoxy groups -OCH3 is 1. The molecule has 2 aromatic heterocycles. The van der Waals surface area contributed by atoms with Crippen LogP contribution in [0.4, 0.5) is 11.4 Å². The van der Waals surface area contributed by atoms with Crippen LogP contribution in [0.2, 0.25) is 0 Å². The molecule has 3 N–H and O–H groups in total. The molecule has 0 radical (unpaired) electrons. The summed E-state index contributed by atoms with van der Waals surface area (Å²) >= 11 is 1.16. The lowest BCUT2D eigenvalue weighted by atomic mass is 10.3. The predicted molar refractivity (Wildman–Crippen MR) is 79.4 cm³/mol. The van der Waals surface area contributed by atoms with E-state index in [4.69, 9.17) is 5.73 Å². The van der Waals surface area contributed by atoms with E-state index in [1.807, 2.05) is 0 Å². The average molecular weight is 307 g/mol. The molecule has 1 amide bonds. The van der Waals surface area contributed by atoms with Crippen molar-refractivity contribution in [2.75, 3.05) is 18.2 Å². The van der Waals surface area contributed by atoms with Gasteiger partial charge in [-0.25, -0.2) is 4.79 Å². The Bertz CT molecular complexity index is 735. The lowest BCUT2D eigenvalue weighted by Crippen LogP contribution is -2.27. The molecular weight excluding hydrogens is 294 g/mol. The zero-order valence-corrected chi connectivity index (χ0v) is 12.0. The SMILES string of the molecule is COC(=O)c1sccc1NC(=O)Cn1cc(N)ccc1=O. The van der Waals surface area contributed by atoms with E-state index in [0.717, 1.165) is 11.3 Å². The first kappa shape index (κ1) is 14.8. The van der Waals surface area contributed by atoms with Crippen LogP contribution in [-0.2, 0) is 16.1 Å². The van der Waals surface area contributed by atoms with Crippen LogP contribution in [0.1, 0.15) is 9.67 Å². The molecule has 0 unspecified atom stereocenters. The van der Waals surface area contributed by atoms with Gasteiger partial charge in [-0.1, -0.05) is 0 Å². The summed E-state index contributed by atoms with van der Waals surface area (Å²) in [6, 6.07) is 4.34. The van der Waals surface area contributed by atoms with Crippen LogP contribution < -0.4 is 16.6 Å². The van der Waals surface area contributed by atoms with Gasteiger partial charge in [-0.05, 0) is 17.5 Å². The number of esters is 1. The Kier molecular flexibility index (Phi) is 4.39. The molecule has 0 aliphatic carbocycles. The van der Waals surface area contributed by atoms with E-state index in [9.17, 15) is 14.4 Å². The molecule has 0 bridgehead atoms. The highest BCUT2D eigenvalue weighted by molar-refractivity contribution is 7.12. The van der Waals surface area contributed by atoms with Crippen molar-refractivity contribution in [1.82, 2.24) is 4.57 Å².